The molecule has 19 heavy (non-hydrogen) atoms. The van der Waals surface area contributed by atoms with Crippen molar-refractivity contribution >= 4 is 23.1 Å². The minimum atomic E-state index is -2.14. The minimum Gasteiger partial charge on any atom is -0.363 e. The van der Waals surface area contributed by atoms with Gasteiger partial charge in [0.05, 0.1) is 0 Å². The second-order valence-corrected chi connectivity index (χ2v) is 4.93. The lowest BCUT2D eigenvalue weighted by molar-refractivity contribution is -0.153. The molecule has 2 atom stereocenters. The molecule has 3 N–H and O–H groups in total. The van der Waals surface area contributed by atoms with Gasteiger partial charge in [-0.25, -0.2) is 0 Å². The van der Waals surface area contributed by atoms with Gasteiger partial charge in [0.25, 0.3) is 5.72 Å². The standard InChI is InChI=1S/C13H12N2O3S/c1-2-7-15-11(19)14-12(17)9-6-4-3-5-8(9)10(16)13(12,15)18/h2-7,17-18H,1H3,(H,14,19)/b7-2+/t12-,13+/m1/s1. The van der Waals surface area contributed by atoms with E-state index in [-0.39, 0.29) is 10.7 Å². The first kappa shape index (κ1) is 12.3. The van der Waals surface area contributed by atoms with Gasteiger partial charge in [-0.3, -0.25) is 9.69 Å². The summed E-state index contributed by atoms with van der Waals surface area (Å²) >= 11 is 5.08. The van der Waals surface area contributed by atoms with Gasteiger partial charge in [0, 0.05) is 17.3 Å². The zero-order chi connectivity index (χ0) is 13.8. The van der Waals surface area contributed by atoms with Gasteiger partial charge in [-0.2, -0.15) is 0 Å². The van der Waals surface area contributed by atoms with Crippen molar-refractivity contribution in [2.45, 2.75) is 18.4 Å². The maximum atomic E-state index is 12.5. The summed E-state index contributed by atoms with van der Waals surface area (Å²) in [7, 11) is 0. The molecule has 2 aliphatic rings. The number of carbonyl (C=O) groups excluding carboxylic acids is 1. The van der Waals surface area contributed by atoms with E-state index in [1.54, 1.807) is 37.3 Å². The maximum absolute atomic E-state index is 12.5. The molecule has 1 aliphatic carbocycles. The van der Waals surface area contributed by atoms with Gasteiger partial charge >= 0.3 is 0 Å². The fraction of sp³-hybridized carbons (Fsp3) is 0.231. The summed E-state index contributed by atoms with van der Waals surface area (Å²) in [6, 6.07) is 6.55. The number of fused-ring (bicyclic) bond motifs is 3. The first-order chi connectivity index (χ1) is 8.96. The van der Waals surface area contributed by atoms with E-state index in [4.69, 9.17) is 12.2 Å². The molecule has 6 heteroatoms. The zero-order valence-corrected chi connectivity index (χ0v) is 10.9. The molecule has 0 saturated carbocycles. The SMILES string of the molecule is C/C=C/N1C(=S)N[C@@]2(O)c3ccccc3C(=O)[C@@]12O. The summed E-state index contributed by atoms with van der Waals surface area (Å²) in [6.07, 6.45) is 3.10. The highest BCUT2D eigenvalue weighted by Gasteiger charge is 2.70. The van der Waals surface area contributed by atoms with Crippen molar-refractivity contribution < 1.29 is 15.0 Å². The Labute approximate surface area is 115 Å². The van der Waals surface area contributed by atoms with Gasteiger partial charge in [0.1, 0.15) is 0 Å². The Morgan fingerprint density at radius 1 is 1.37 bits per heavy atom. The highest BCUT2D eigenvalue weighted by atomic mass is 32.1. The van der Waals surface area contributed by atoms with Gasteiger partial charge in [-0.05, 0) is 19.1 Å². The Morgan fingerprint density at radius 3 is 2.74 bits per heavy atom. The number of allylic oxidation sites excluding steroid dienone is 1. The van der Waals surface area contributed by atoms with Crippen LogP contribution < -0.4 is 5.32 Å². The lowest BCUT2D eigenvalue weighted by Crippen LogP contribution is -2.58. The molecule has 1 aromatic carbocycles. The first-order valence-corrected chi connectivity index (χ1v) is 6.21. The lowest BCUT2D eigenvalue weighted by atomic mass is 10.00. The molecule has 0 aromatic heterocycles. The van der Waals surface area contributed by atoms with Crippen LogP contribution in [0.4, 0.5) is 0 Å². The van der Waals surface area contributed by atoms with Crippen LogP contribution in [0.2, 0.25) is 0 Å². The number of rotatable bonds is 1. The summed E-state index contributed by atoms with van der Waals surface area (Å²) in [6.45, 7) is 1.73. The number of thiocarbonyl (C=S) groups is 1. The van der Waals surface area contributed by atoms with Crippen LogP contribution in [-0.4, -0.2) is 31.7 Å². The van der Waals surface area contributed by atoms with Crippen LogP contribution >= 0.6 is 12.2 Å². The molecule has 98 valence electrons. The van der Waals surface area contributed by atoms with E-state index >= 15 is 0 Å². The van der Waals surface area contributed by atoms with Crippen molar-refractivity contribution in [1.82, 2.24) is 10.2 Å². The van der Waals surface area contributed by atoms with Crippen LogP contribution in [0.15, 0.2) is 36.5 Å². The van der Waals surface area contributed by atoms with E-state index in [0.29, 0.717) is 5.56 Å². The second kappa shape index (κ2) is 3.63. The van der Waals surface area contributed by atoms with Crippen LogP contribution in [-0.2, 0) is 5.72 Å². The van der Waals surface area contributed by atoms with Gasteiger partial charge in [0.2, 0.25) is 11.5 Å². The minimum absolute atomic E-state index is 0.103. The fourth-order valence-corrected chi connectivity index (χ4v) is 3.00. The Balaban J connectivity index is 2.28. The van der Waals surface area contributed by atoms with E-state index in [9.17, 15) is 15.0 Å². The van der Waals surface area contributed by atoms with Crippen molar-refractivity contribution in [2.24, 2.45) is 0 Å². The molecule has 1 heterocycles. The molecule has 1 aromatic rings. The molecular weight excluding hydrogens is 264 g/mol. The van der Waals surface area contributed by atoms with E-state index in [2.05, 4.69) is 5.32 Å². The van der Waals surface area contributed by atoms with Gasteiger partial charge in [0.15, 0.2) is 5.11 Å². The summed E-state index contributed by atoms with van der Waals surface area (Å²) in [5.41, 5.74) is -3.44. The Morgan fingerprint density at radius 2 is 2.05 bits per heavy atom. The first-order valence-electron chi connectivity index (χ1n) is 5.80. The maximum Gasteiger partial charge on any atom is 0.262 e. The lowest BCUT2D eigenvalue weighted by Gasteiger charge is -2.32. The predicted molar refractivity (Wildman–Crippen MR) is 72.0 cm³/mol. The average molecular weight is 276 g/mol. The van der Waals surface area contributed by atoms with Crippen molar-refractivity contribution in [3.05, 3.63) is 47.7 Å². The number of hydrogen-bond acceptors (Lipinski definition) is 4. The van der Waals surface area contributed by atoms with Crippen LogP contribution in [0, 0.1) is 0 Å². The van der Waals surface area contributed by atoms with E-state index in [1.807, 2.05) is 0 Å². The zero-order valence-electron chi connectivity index (χ0n) is 10.1. The molecule has 5 nitrogen and oxygen atoms in total. The molecule has 0 bridgehead atoms. The molecule has 0 amide bonds. The predicted octanol–water partition coefficient (Wildman–Crippen LogP) is 0.440. The Bertz CT molecular complexity index is 630. The molecule has 0 radical (unpaired) electrons. The van der Waals surface area contributed by atoms with E-state index in [0.717, 1.165) is 0 Å². The Kier molecular flexibility index (Phi) is 2.35. The van der Waals surface area contributed by atoms with Gasteiger partial charge < -0.3 is 15.5 Å². The van der Waals surface area contributed by atoms with E-state index < -0.39 is 17.2 Å². The smallest absolute Gasteiger partial charge is 0.262 e. The molecule has 0 spiro atoms. The highest BCUT2D eigenvalue weighted by Crippen LogP contribution is 2.48. The van der Waals surface area contributed by atoms with Gasteiger partial charge in [-0.15, -0.1) is 0 Å². The number of nitrogens with one attached hydrogen (secondary N) is 1. The van der Waals surface area contributed by atoms with Crippen LogP contribution in [0.1, 0.15) is 22.8 Å². The number of benzene rings is 1. The second-order valence-electron chi connectivity index (χ2n) is 4.54. The number of carbonyl (C=O) groups is 1. The number of hydrogen-bond donors (Lipinski definition) is 3. The molecule has 1 saturated heterocycles. The summed E-state index contributed by atoms with van der Waals surface area (Å²) in [4.78, 5) is 13.6. The summed E-state index contributed by atoms with van der Waals surface area (Å²) in [5, 5.41) is 24.2. The topological polar surface area (TPSA) is 72.8 Å². The van der Waals surface area contributed by atoms with Crippen LogP contribution in [0.3, 0.4) is 0 Å². The monoisotopic (exact) mass is 276 g/mol. The average Bonchev–Trinajstić information content (AvgIpc) is 2.69. The van der Waals surface area contributed by atoms with Gasteiger partial charge in [-0.1, -0.05) is 30.3 Å². The third kappa shape index (κ3) is 1.21. The number of ketones is 1. The van der Waals surface area contributed by atoms with Crippen LogP contribution in [0.5, 0.6) is 0 Å². The molecule has 1 fully saturated rings. The van der Waals surface area contributed by atoms with Crippen LogP contribution in [0.25, 0.3) is 0 Å². The van der Waals surface area contributed by atoms with Crippen molar-refractivity contribution in [3.8, 4) is 0 Å². The molecule has 0 unspecified atom stereocenters. The van der Waals surface area contributed by atoms with Crippen molar-refractivity contribution in [2.75, 3.05) is 0 Å². The quantitative estimate of drug-likeness (QED) is 0.647. The van der Waals surface area contributed by atoms with E-state index in [1.165, 1.54) is 11.1 Å². The number of aliphatic hydroxyl groups is 2. The normalized spacial score (nSPS) is 32.7. The highest BCUT2D eigenvalue weighted by molar-refractivity contribution is 7.80. The summed E-state index contributed by atoms with van der Waals surface area (Å²) < 4.78 is 0. The third-order valence-electron chi connectivity index (χ3n) is 3.54. The number of Topliss-reactive ketones (excluding diaryl/α,β-unsaturated/α-hetero) is 1. The fourth-order valence-electron chi connectivity index (χ4n) is 2.66. The molecule has 3 rings (SSSR count). The summed E-state index contributed by atoms with van der Waals surface area (Å²) in [5.74, 6) is -0.573. The third-order valence-corrected chi connectivity index (χ3v) is 3.83. The van der Waals surface area contributed by atoms with Crippen molar-refractivity contribution in [3.63, 3.8) is 0 Å². The molecule has 1 aliphatic heterocycles. The van der Waals surface area contributed by atoms with Crippen molar-refractivity contribution in [1.29, 1.82) is 0 Å². The number of nitrogens with zero attached hydrogens (tertiary/aromatic N) is 1. The Hall–Kier alpha value is -1.76. The largest absolute Gasteiger partial charge is 0.363 e. The molecular formula is C13H12N2O3S.